The number of nitrogens with zero attached hydrogens (tertiary/aromatic N) is 1. The molecule has 5 aromatic carbocycles. The van der Waals surface area contributed by atoms with Crippen molar-refractivity contribution in [1.82, 2.24) is 4.48 Å². The van der Waals surface area contributed by atoms with Gasteiger partial charge in [-0.15, -0.1) is 0 Å². The van der Waals surface area contributed by atoms with E-state index in [4.69, 9.17) is 14.2 Å². The maximum atomic E-state index is 15.5. The number of amides is 1. The molecule has 0 aliphatic carbocycles. The van der Waals surface area contributed by atoms with E-state index in [1.54, 1.807) is 0 Å². The lowest BCUT2D eigenvalue weighted by Crippen LogP contribution is -2.53. The molecule has 1 amide bonds. The van der Waals surface area contributed by atoms with E-state index >= 15 is 4.79 Å². The molecule has 3 aliphatic heterocycles. The predicted octanol–water partition coefficient (Wildman–Crippen LogP) is 6.93. The third-order valence-corrected chi connectivity index (χ3v) is 8.55. The number of ether oxygens (including phenoxy) is 3. The van der Waals surface area contributed by atoms with Crippen LogP contribution in [0.15, 0.2) is 103 Å². The van der Waals surface area contributed by atoms with E-state index in [-0.39, 0.29) is 23.8 Å². The Kier molecular flexibility index (Phi) is 4.56. The molecule has 0 aromatic heterocycles. The molecule has 2 unspecified atom stereocenters. The summed E-state index contributed by atoms with van der Waals surface area (Å²) in [5.74, 6) is 2.06. The Hall–Kier alpha value is -4.61. The van der Waals surface area contributed by atoms with Crippen molar-refractivity contribution in [2.24, 2.45) is 0 Å². The van der Waals surface area contributed by atoms with Crippen molar-refractivity contribution >= 4 is 28.1 Å². The van der Waals surface area contributed by atoms with Crippen molar-refractivity contribution in [1.29, 1.82) is 0 Å². The van der Waals surface area contributed by atoms with Crippen molar-refractivity contribution in [3.8, 4) is 17.2 Å². The zero-order valence-electron chi connectivity index (χ0n) is 21.5. The topological polar surface area (TPSA) is 44.8 Å². The summed E-state index contributed by atoms with van der Waals surface area (Å²) in [5.41, 5.74) is 5.07. The highest BCUT2D eigenvalue weighted by Gasteiger charge is 2.67. The van der Waals surface area contributed by atoms with Crippen LogP contribution in [0.25, 0.3) is 10.8 Å². The van der Waals surface area contributed by atoms with E-state index in [1.807, 2.05) is 36.4 Å². The lowest BCUT2D eigenvalue weighted by molar-refractivity contribution is -0.131. The van der Waals surface area contributed by atoms with Crippen LogP contribution in [0.5, 0.6) is 17.2 Å². The molecule has 8 rings (SSSR count). The molecule has 5 nitrogen and oxygen atoms in total. The van der Waals surface area contributed by atoms with Crippen LogP contribution in [0.2, 0.25) is 0 Å². The van der Waals surface area contributed by atoms with Crippen LogP contribution in [-0.4, -0.2) is 19.3 Å². The minimum Gasteiger partial charge on any atom is -0.491 e. The fourth-order valence-corrected chi connectivity index (χ4v) is 6.86. The van der Waals surface area contributed by atoms with Crippen molar-refractivity contribution in [3.63, 3.8) is 0 Å². The molecule has 0 bridgehead atoms. The first-order valence-electron chi connectivity index (χ1n) is 13.3. The van der Waals surface area contributed by atoms with Gasteiger partial charge >= 0.3 is 5.91 Å². The Balaban J connectivity index is 1.46. The van der Waals surface area contributed by atoms with Gasteiger partial charge < -0.3 is 14.2 Å². The van der Waals surface area contributed by atoms with Gasteiger partial charge in [0, 0.05) is 40.3 Å². The molecule has 3 aliphatic rings. The third kappa shape index (κ3) is 2.91. The van der Waals surface area contributed by atoms with Crippen LogP contribution in [0, 0.1) is 6.92 Å². The molecule has 39 heavy (non-hydrogen) atoms. The first-order valence-corrected chi connectivity index (χ1v) is 13.3. The summed E-state index contributed by atoms with van der Waals surface area (Å²) in [6.07, 6.45) is 0. The summed E-state index contributed by atoms with van der Waals surface area (Å²) < 4.78 is 17.8. The molecule has 0 saturated carbocycles. The summed E-state index contributed by atoms with van der Waals surface area (Å²) >= 11 is 0. The average Bonchev–Trinajstić information content (AvgIpc) is 3.63. The molecular formula is C34H26NO4+. The second-order valence-corrected chi connectivity index (χ2v) is 10.7. The molecule has 0 N–H and O–H groups in total. The Morgan fingerprint density at radius 1 is 0.718 bits per heavy atom. The number of quaternary nitrogens is 1. The van der Waals surface area contributed by atoms with Crippen molar-refractivity contribution in [3.05, 3.63) is 125 Å². The quantitative estimate of drug-likeness (QED) is 0.246. The van der Waals surface area contributed by atoms with Gasteiger partial charge in [-0.25, -0.2) is 4.79 Å². The Bertz CT molecular complexity index is 1820. The number of para-hydroxylation sites is 1. The first-order chi connectivity index (χ1) is 19.1. The van der Waals surface area contributed by atoms with Gasteiger partial charge in [0.25, 0.3) is 0 Å². The molecule has 1 spiro atoms. The zero-order chi connectivity index (χ0) is 26.2. The van der Waals surface area contributed by atoms with E-state index in [2.05, 4.69) is 73.7 Å². The van der Waals surface area contributed by atoms with E-state index in [1.165, 1.54) is 5.56 Å². The van der Waals surface area contributed by atoms with Crippen LogP contribution in [-0.2, 0) is 16.8 Å². The maximum Gasteiger partial charge on any atom is 0.343 e. The van der Waals surface area contributed by atoms with E-state index in [0.717, 1.165) is 38.8 Å². The van der Waals surface area contributed by atoms with Crippen molar-refractivity contribution in [2.45, 2.75) is 18.9 Å². The van der Waals surface area contributed by atoms with Crippen molar-refractivity contribution in [2.75, 3.05) is 13.4 Å². The SMILES string of the molecule is Cc1cccc(C[N+]2(c3cccc4ccccc34)C(=O)C3(COc4cc5c(cc43)OCO5)c3ccccc32)c1. The van der Waals surface area contributed by atoms with Gasteiger partial charge in [0.2, 0.25) is 6.79 Å². The number of rotatable bonds is 3. The van der Waals surface area contributed by atoms with Gasteiger partial charge in [0.05, 0.1) is 0 Å². The highest BCUT2D eigenvalue weighted by Crippen LogP contribution is 2.60. The van der Waals surface area contributed by atoms with Crippen LogP contribution in [0.3, 0.4) is 0 Å². The number of benzene rings is 5. The highest BCUT2D eigenvalue weighted by molar-refractivity contribution is 6.14. The molecule has 0 saturated heterocycles. The first kappa shape index (κ1) is 22.4. The molecule has 190 valence electrons. The molecule has 5 heteroatoms. The van der Waals surface area contributed by atoms with Crippen LogP contribution >= 0.6 is 0 Å². The van der Waals surface area contributed by atoms with Gasteiger partial charge in [0.1, 0.15) is 18.9 Å². The molecular weight excluding hydrogens is 486 g/mol. The van der Waals surface area contributed by atoms with Gasteiger partial charge in [-0.05, 0) is 24.4 Å². The van der Waals surface area contributed by atoms with E-state index < -0.39 is 5.41 Å². The molecule has 2 atom stereocenters. The number of hydrogen-bond donors (Lipinski definition) is 0. The summed E-state index contributed by atoms with van der Waals surface area (Å²) in [5, 5.41) is 2.17. The molecule has 5 aromatic rings. The second-order valence-electron chi connectivity index (χ2n) is 10.7. The Labute approximate surface area is 226 Å². The second kappa shape index (κ2) is 7.95. The summed E-state index contributed by atoms with van der Waals surface area (Å²) in [4.78, 5) is 15.5. The number of carbonyl (C=O) groups is 1. The van der Waals surface area contributed by atoms with Gasteiger partial charge in [-0.1, -0.05) is 78.4 Å². The minimum absolute atomic E-state index is 0.0677. The summed E-state index contributed by atoms with van der Waals surface area (Å²) in [6, 6.07) is 35.2. The fourth-order valence-electron chi connectivity index (χ4n) is 6.86. The summed E-state index contributed by atoms with van der Waals surface area (Å²) in [7, 11) is 0. The smallest absolute Gasteiger partial charge is 0.343 e. The van der Waals surface area contributed by atoms with Crippen LogP contribution in [0.1, 0.15) is 22.3 Å². The predicted molar refractivity (Wildman–Crippen MR) is 151 cm³/mol. The number of aryl methyl sites for hydroxylation is 1. The molecule has 0 radical (unpaired) electrons. The molecule has 3 heterocycles. The van der Waals surface area contributed by atoms with E-state index in [0.29, 0.717) is 23.8 Å². The number of fused-ring (bicyclic) bond motifs is 6. The van der Waals surface area contributed by atoms with Crippen LogP contribution in [0.4, 0.5) is 11.4 Å². The third-order valence-electron chi connectivity index (χ3n) is 8.55. The zero-order valence-corrected chi connectivity index (χ0v) is 21.5. The summed E-state index contributed by atoms with van der Waals surface area (Å²) in [6.45, 7) is 2.99. The minimum atomic E-state index is -0.978. The van der Waals surface area contributed by atoms with Crippen LogP contribution < -0.4 is 18.7 Å². The monoisotopic (exact) mass is 512 g/mol. The lowest BCUT2D eigenvalue weighted by Gasteiger charge is -2.34. The van der Waals surface area contributed by atoms with Gasteiger partial charge in [0.15, 0.2) is 28.3 Å². The molecule has 0 fully saturated rings. The lowest BCUT2D eigenvalue weighted by atomic mass is 9.77. The largest absolute Gasteiger partial charge is 0.491 e. The maximum absolute atomic E-state index is 15.5. The van der Waals surface area contributed by atoms with Crippen molar-refractivity contribution < 1.29 is 19.0 Å². The van der Waals surface area contributed by atoms with Gasteiger partial charge in [-0.2, -0.15) is 4.48 Å². The number of hydrogen-bond acceptors (Lipinski definition) is 4. The fraction of sp³-hybridized carbons (Fsp3) is 0.147. The highest BCUT2D eigenvalue weighted by atomic mass is 16.7. The number of carbonyl (C=O) groups excluding carboxylic acids is 1. The van der Waals surface area contributed by atoms with Gasteiger partial charge in [-0.3, -0.25) is 0 Å². The Morgan fingerprint density at radius 3 is 2.36 bits per heavy atom. The normalized spacial score (nSPS) is 22.2. The standard InChI is InChI=1S/C34H26NO4/c1-22-8-6-9-23(16-22)19-35(28-15-7-11-24-10-2-3-12-25(24)28)29-14-5-4-13-26(29)34(33(35)36)20-37-30-18-32-31(17-27(30)34)38-21-39-32/h2-18H,19-21H2,1H3/q+1. The van der Waals surface area contributed by atoms with E-state index in [9.17, 15) is 0 Å². The Morgan fingerprint density at radius 2 is 1.46 bits per heavy atom. The average molecular weight is 513 g/mol.